The minimum absolute atomic E-state index is 0.0750. The van der Waals surface area contributed by atoms with Crippen molar-refractivity contribution in [3.05, 3.63) is 42.0 Å². The normalized spacial score (nSPS) is 11.7. The zero-order valence-electron chi connectivity index (χ0n) is 11.0. The van der Waals surface area contributed by atoms with E-state index < -0.39 is 10.0 Å². The van der Waals surface area contributed by atoms with E-state index in [1.54, 1.807) is 6.20 Å². The number of hydrogen-bond donors (Lipinski definition) is 2. The van der Waals surface area contributed by atoms with Crippen molar-refractivity contribution < 1.29 is 13.5 Å². The van der Waals surface area contributed by atoms with Gasteiger partial charge in [-0.1, -0.05) is 6.07 Å². The maximum Gasteiger partial charge on any atom is 0.243 e. The van der Waals surface area contributed by atoms with Gasteiger partial charge in [-0.2, -0.15) is 5.10 Å². The van der Waals surface area contributed by atoms with Gasteiger partial charge in [-0.25, -0.2) is 13.1 Å². The first-order valence-corrected chi connectivity index (χ1v) is 7.54. The number of rotatable bonds is 6. The van der Waals surface area contributed by atoms with E-state index in [2.05, 4.69) is 14.8 Å². The van der Waals surface area contributed by atoms with Gasteiger partial charge in [0, 0.05) is 24.6 Å². The number of nitrogens with zero attached hydrogens (tertiary/aromatic N) is 3. The van der Waals surface area contributed by atoms with Gasteiger partial charge in [-0.15, -0.1) is 0 Å². The van der Waals surface area contributed by atoms with Crippen LogP contribution in [0.25, 0.3) is 0 Å². The first kappa shape index (κ1) is 14.6. The number of aliphatic hydroxyl groups is 1. The highest BCUT2D eigenvalue weighted by atomic mass is 32.2. The lowest BCUT2D eigenvalue weighted by Gasteiger charge is -2.04. The Hall–Kier alpha value is -1.77. The van der Waals surface area contributed by atoms with E-state index in [-0.39, 0.29) is 24.6 Å². The first-order valence-electron chi connectivity index (χ1n) is 6.06. The van der Waals surface area contributed by atoms with Crippen molar-refractivity contribution in [1.82, 2.24) is 19.5 Å². The molecule has 0 bridgehead atoms. The van der Waals surface area contributed by atoms with Gasteiger partial charge in [-0.05, 0) is 18.6 Å². The van der Waals surface area contributed by atoms with Crippen LogP contribution in [0.15, 0.2) is 35.6 Å². The Balaban J connectivity index is 2.04. The summed E-state index contributed by atoms with van der Waals surface area (Å²) < 4.78 is 27.9. The number of hydrogen-bond acceptors (Lipinski definition) is 5. The van der Waals surface area contributed by atoms with Crippen LogP contribution in [0.1, 0.15) is 11.3 Å². The second-order valence-corrected chi connectivity index (χ2v) is 6.06. The maximum atomic E-state index is 12.0. The molecule has 0 saturated carbocycles. The third-order valence-corrected chi connectivity index (χ3v) is 4.04. The number of nitrogens with one attached hydrogen (secondary N) is 1. The van der Waals surface area contributed by atoms with Crippen LogP contribution in [0.2, 0.25) is 0 Å². The molecule has 0 unspecified atom stereocenters. The zero-order chi connectivity index (χ0) is 14.6. The minimum atomic E-state index is -3.61. The molecule has 0 atom stereocenters. The third kappa shape index (κ3) is 3.62. The number of aryl methyl sites for hydroxylation is 1. The molecule has 0 aliphatic carbocycles. The number of pyridine rings is 1. The van der Waals surface area contributed by atoms with Crippen molar-refractivity contribution in [2.24, 2.45) is 0 Å². The highest BCUT2D eigenvalue weighted by Crippen LogP contribution is 2.08. The van der Waals surface area contributed by atoms with E-state index >= 15 is 0 Å². The second-order valence-electron chi connectivity index (χ2n) is 4.30. The van der Waals surface area contributed by atoms with Crippen LogP contribution in [0.4, 0.5) is 0 Å². The molecule has 0 spiro atoms. The Morgan fingerprint density at radius 3 is 2.80 bits per heavy atom. The Morgan fingerprint density at radius 2 is 2.15 bits per heavy atom. The van der Waals surface area contributed by atoms with Crippen LogP contribution in [0, 0.1) is 6.92 Å². The molecule has 2 aromatic heterocycles. The van der Waals surface area contributed by atoms with Crippen molar-refractivity contribution in [2.45, 2.75) is 24.9 Å². The summed E-state index contributed by atoms with van der Waals surface area (Å²) in [5.74, 6) is 0. The molecule has 0 fully saturated rings. The fourth-order valence-electron chi connectivity index (χ4n) is 1.57. The van der Waals surface area contributed by atoms with Crippen LogP contribution in [-0.2, 0) is 23.1 Å². The molecule has 7 nitrogen and oxygen atoms in total. The monoisotopic (exact) mass is 296 g/mol. The van der Waals surface area contributed by atoms with Gasteiger partial charge >= 0.3 is 0 Å². The Bertz CT molecular complexity index is 664. The van der Waals surface area contributed by atoms with Crippen molar-refractivity contribution in [3.63, 3.8) is 0 Å². The Labute approximate surface area is 117 Å². The number of aromatic nitrogens is 3. The minimum Gasteiger partial charge on any atom is -0.394 e. The van der Waals surface area contributed by atoms with Crippen LogP contribution in [0.5, 0.6) is 0 Å². The van der Waals surface area contributed by atoms with Crippen molar-refractivity contribution in [3.8, 4) is 0 Å². The smallest absolute Gasteiger partial charge is 0.243 e. The van der Waals surface area contributed by atoms with Crippen molar-refractivity contribution in [1.29, 1.82) is 0 Å². The van der Waals surface area contributed by atoms with E-state index in [0.29, 0.717) is 0 Å². The number of aliphatic hydroxyl groups excluding tert-OH is 1. The molecule has 0 radical (unpaired) electrons. The molecule has 0 aliphatic heterocycles. The fourth-order valence-corrected chi connectivity index (χ4v) is 2.54. The largest absolute Gasteiger partial charge is 0.394 e. The van der Waals surface area contributed by atoms with Crippen molar-refractivity contribution >= 4 is 10.0 Å². The van der Waals surface area contributed by atoms with Gasteiger partial charge in [0.2, 0.25) is 10.0 Å². The zero-order valence-corrected chi connectivity index (χ0v) is 11.8. The van der Waals surface area contributed by atoms with E-state index in [0.717, 1.165) is 11.3 Å². The summed E-state index contributed by atoms with van der Waals surface area (Å²) in [6, 6.07) is 3.64. The average Bonchev–Trinajstić information content (AvgIpc) is 2.88. The SMILES string of the molecule is Cc1ccc(CNS(=O)(=O)c2cnn(CCO)c2)cn1. The molecule has 2 N–H and O–H groups in total. The lowest BCUT2D eigenvalue weighted by Crippen LogP contribution is -2.23. The van der Waals surface area contributed by atoms with Crippen LogP contribution < -0.4 is 4.72 Å². The van der Waals surface area contributed by atoms with Gasteiger partial charge in [0.25, 0.3) is 0 Å². The predicted molar refractivity (Wildman–Crippen MR) is 72.3 cm³/mol. The highest BCUT2D eigenvalue weighted by molar-refractivity contribution is 7.89. The quantitative estimate of drug-likeness (QED) is 0.785. The molecule has 2 aromatic rings. The average molecular weight is 296 g/mol. The maximum absolute atomic E-state index is 12.0. The van der Waals surface area contributed by atoms with E-state index in [1.165, 1.54) is 17.1 Å². The molecule has 108 valence electrons. The first-order chi connectivity index (χ1) is 9.51. The molecule has 0 amide bonds. The van der Waals surface area contributed by atoms with Crippen LogP contribution in [-0.4, -0.2) is 34.9 Å². The highest BCUT2D eigenvalue weighted by Gasteiger charge is 2.16. The molecule has 0 aliphatic rings. The Kier molecular flexibility index (Phi) is 4.48. The fraction of sp³-hybridized carbons (Fsp3) is 0.333. The topological polar surface area (TPSA) is 97.1 Å². The summed E-state index contributed by atoms with van der Waals surface area (Å²) in [5.41, 5.74) is 1.66. The van der Waals surface area contributed by atoms with Gasteiger partial charge < -0.3 is 5.11 Å². The third-order valence-electron chi connectivity index (χ3n) is 2.69. The second kappa shape index (κ2) is 6.12. The summed E-state index contributed by atoms with van der Waals surface area (Å²) in [6.07, 6.45) is 4.27. The van der Waals surface area contributed by atoms with Gasteiger partial charge in [0.15, 0.2) is 0 Å². The lowest BCUT2D eigenvalue weighted by molar-refractivity contribution is 0.269. The molecule has 8 heteroatoms. The summed E-state index contributed by atoms with van der Waals surface area (Å²) >= 11 is 0. The van der Waals surface area contributed by atoms with Gasteiger partial charge in [-0.3, -0.25) is 9.67 Å². The van der Waals surface area contributed by atoms with E-state index in [1.807, 2.05) is 19.1 Å². The lowest BCUT2D eigenvalue weighted by atomic mass is 10.2. The molecular weight excluding hydrogens is 280 g/mol. The van der Waals surface area contributed by atoms with Crippen molar-refractivity contribution in [2.75, 3.05) is 6.61 Å². The summed E-state index contributed by atoms with van der Waals surface area (Å²) in [5, 5.41) is 12.6. The number of sulfonamides is 1. The summed E-state index contributed by atoms with van der Waals surface area (Å²) in [6.45, 7) is 2.20. The van der Waals surface area contributed by atoms with Crippen LogP contribution in [0.3, 0.4) is 0 Å². The standard InChI is InChI=1S/C12H16N4O3S/c1-10-2-3-11(6-13-10)7-15-20(18,19)12-8-14-16(9-12)4-5-17/h2-3,6,8-9,15,17H,4-5,7H2,1H3. The van der Waals surface area contributed by atoms with Gasteiger partial charge in [0.1, 0.15) is 4.90 Å². The van der Waals surface area contributed by atoms with Gasteiger partial charge in [0.05, 0.1) is 19.3 Å². The molecule has 0 aromatic carbocycles. The molecule has 2 rings (SSSR count). The summed E-state index contributed by atoms with van der Waals surface area (Å²) in [4.78, 5) is 4.18. The van der Waals surface area contributed by atoms with E-state index in [4.69, 9.17) is 5.11 Å². The molecule has 20 heavy (non-hydrogen) atoms. The van der Waals surface area contributed by atoms with Crippen LogP contribution >= 0.6 is 0 Å². The Morgan fingerprint density at radius 1 is 1.35 bits per heavy atom. The molecule has 2 heterocycles. The molecular formula is C12H16N4O3S. The summed E-state index contributed by atoms with van der Waals surface area (Å²) in [7, 11) is -3.61. The van der Waals surface area contributed by atoms with E-state index in [9.17, 15) is 8.42 Å². The predicted octanol–water partition coefficient (Wildman–Crippen LogP) is 0.0573. The molecule has 0 saturated heterocycles.